The van der Waals surface area contributed by atoms with E-state index in [1.54, 1.807) is 13.2 Å². The third-order valence-electron chi connectivity index (χ3n) is 1.98. The van der Waals surface area contributed by atoms with Crippen LogP contribution in [0.3, 0.4) is 0 Å². The molecule has 0 aliphatic carbocycles. The van der Waals surface area contributed by atoms with Gasteiger partial charge in [0, 0.05) is 19.7 Å². The van der Waals surface area contributed by atoms with Crippen LogP contribution in [-0.4, -0.2) is 33.4 Å². The maximum absolute atomic E-state index is 13.1. The molecule has 0 heterocycles. The van der Waals surface area contributed by atoms with Crippen LogP contribution in [0.5, 0.6) is 5.75 Å². The van der Waals surface area contributed by atoms with Gasteiger partial charge in [-0.05, 0) is 19.2 Å². The number of hydrogen-bond acceptors (Lipinski definition) is 3. The van der Waals surface area contributed by atoms with Crippen LogP contribution < -0.4 is 10.1 Å². The highest BCUT2D eigenvalue weighted by molar-refractivity contribution is 6.30. The second-order valence-corrected chi connectivity index (χ2v) is 3.74. The van der Waals surface area contributed by atoms with Crippen LogP contribution in [0.15, 0.2) is 18.2 Å². The number of hydrogen-bond donors (Lipinski definition) is 1. The minimum atomic E-state index is -0.486. The second-order valence-electron chi connectivity index (χ2n) is 3.33. The Bertz CT molecular complexity index is 330. The Labute approximate surface area is 99.5 Å². The lowest BCUT2D eigenvalue weighted by atomic mass is 10.3. The lowest BCUT2D eigenvalue weighted by molar-refractivity contribution is 0.0816. The summed E-state index contributed by atoms with van der Waals surface area (Å²) in [6, 6.07) is 4.36. The first-order valence-corrected chi connectivity index (χ1v) is 5.30. The molecule has 0 amide bonds. The van der Waals surface area contributed by atoms with E-state index in [1.165, 1.54) is 12.1 Å². The fourth-order valence-corrected chi connectivity index (χ4v) is 1.41. The Balaban J connectivity index is 2.65. The first kappa shape index (κ1) is 13.2. The van der Waals surface area contributed by atoms with Gasteiger partial charge in [0.1, 0.15) is 17.7 Å². The van der Waals surface area contributed by atoms with Crippen LogP contribution in [0.1, 0.15) is 0 Å². The van der Waals surface area contributed by atoms with Gasteiger partial charge < -0.3 is 14.8 Å². The van der Waals surface area contributed by atoms with Crippen LogP contribution in [0.2, 0.25) is 5.02 Å². The topological polar surface area (TPSA) is 30.5 Å². The molecular formula is C11H15ClFNO2. The van der Waals surface area contributed by atoms with Crippen molar-refractivity contribution in [3.05, 3.63) is 29.0 Å². The highest BCUT2D eigenvalue weighted by atomic mass is 35.5. The lowest BCUT2D eigenvalue weighted by Gasteiger charge is -2.18. The van der Waals surface area contributed by atoms with Crippen molar-refractivity contribution in [2.75, 3.05) is 27.3 Å². The molecule has 16 heavy (non-hydrogen) atoms. The van der Waals surface area contributed by atoms with Gasteiger partial charge in [0.2, 0.25) is 0 Å². The first-order valence-electron chi connectivity index (χ1n) is 4.92. The van der Waals surface area contributed by atoms with E-state index < -0.39 is 5.82 Å². The average molecular weight is 248 g/mol. The van der Waals surface area contributed by atoms with E-state index in [1.807, 2.05) is 7.05 Å². The molecule has 0 radical (unpaired) electrons. The van der Waals surface area contributed by atoms with Gasteiger partial charge in [-0.2, -0.15) is 0 Å². The minimum absolute atomic E-state index is 0.0873. The number of rotatable bonds is 6. The number of halogens is 2. The summed E-state index contributed by atoms with van der Waals surface area (Å²) in [5.74, 6) is -0.0426. The third-order valence-corrected chi connectivity index (χ3v) is 2.28. The molecule has 0 fully saturated rings. The number of methoxy groups -OCH3 is 1. The average Bonchev–Trinajstić information content (AvgIpc) is 2.24. The summed E-state index contributed by atoms with van der Waals surface area (Å²) >= 11 is 5.57. The predicted octanol–water partition coefficient (Wildman–Crippen LogP) is 2.09. The molecule has 3 nitrogen and oxygen atoms in total. The van der Waals surface area contributed by atoms with E-state index in [0.29, 0.717) is 18.9 Å². The van der Waals surface area contributed by atoms with Gasteiger partial charge in [-0.3, -0.25) is 0 Å². The smallest absolute Gasteiger partial charge is 0.145 e. The SMILES string of the molecule is CNCC(COC)Oc1ccc(Cl)c(F)c1. The van der Waals surface area contributed by atoms with Gasteiger partial charge in [-0.15, -0.1) is 0 Å². The molecule has 5 heteroatoms. The molecule has 1 rings (SSSR count). The molecule has 0 aliphatic rings. The normalized spacial score (nSPS) is 12.5. The minimum Gasteiger partial charge on any atom is -0.487 e. The summed E-state index contributed by atoms with van der Waals surface area (Å²) in [4.78, 5) is 0. The van der Waals surface area contributed by atoms with Crippen molar-refractivity contribution in [1.82, 2.24) is 5.32 Å². The zero-order chi connectivity index (χ0) is 12.0. The van der Waals surface area contributed by atoms with Gasteiger partial charge in [-0.1, -0.05) is 11.6 Å². The van der Waals surface area contributed by atoms with E-state index >= 15 is 0 Å². The Morgan fingerprint density at radius 1 is 1.50 bits per heavy atom. The molecule has 0 aliphatic heterocycles. The zero-order valence-corrected chi connectivity index (χ0v) is 10.1. The van der Waals surface area contributed by atoms with E-state index in [2.05, 4.69) is 5.32 Å². The molecule has 0 saturated carbocycles. The van der Waals surface area contributed by atoms with Crippen molar-refractivity contribution >= 4 is 11.6 Å². The molecule has 1 atom stereocenters. The van der Waals surface area contributed by atoms with E-state index in [-0.39, 0.29) is 11.1 Å². The van der Waals surface area contributed by atoms with Crippen LogP contribution >= 0.6 is 11.6 Å². The predicted molar refractivity (Wildman–Crippen MR) is 61.6 cm³/mol. The lowest BCUT2D eigenvalue weighted by Crippen LogP contribution is -2.33. The largest absolute Gasteiger partial charge is 0.487 e. The van der Waals surface area contributed by atoms with Crippen molar-refractivity contribution < 1.29 is 13.9 Å². The molecule has 1 aromatic rings. The monoisotopic (exact) mass is 247 g/mol. The Morgan fingerprint density at radius 3 is 2.81 bits per heavy atom. The molecule has 1 N–H and O–H groups in total. The summed E-state index contributed by atoms with van der Waals surface area (Å²) in [7, 11) is 3.41. The third kappa shape index (κ3) is 3.96. The summed E-state index contributed by atoms with van der Waals surface area (Å²) < 4.78 is 23.7. The number of ether oxygens (including phenoxy) is 2. The number of likely N-dealkylation sites (N-methyl/N-ethyl adjacent to an activating group) is 1. The molecular weight excluding hydrogens is 233 g/mol. The number of nitrogens with one attached hydrogen (secondary N) is 1. The maximum atomic E-state index is 13.1. The van der Waals surface area contributed by atoms with Gasteiger partial charge in [0.05, 0.1) is 11.6 Å². The van der Waals surface area contributed by atoms with Crippen molar-refractivity contribution in [2.24, 2.45) is 0 Å². The summed E-state index contributed by atoms with van der Waals surface area (Å²) in [5, 5.41) is 3.06. The summed E-state index contributed by atoms with van der Waals surface area (Å²) in [6.07, 6.45) is -0.157. The van der Waals surface area contributed by atoms with E-state index in [0.717, 1.165) is 0 Å². The van der Waals surface area contributed by atoms with Crippen LogP contribution in [-0.2, 0) is 4.74 Å². The second kappa shape index (κ2) is 6.68. The van der Waals surface area contributed by atoms with Crippen molar-refractivity contribution in [1.29, 1.82) is 0 Å². The Hall–Kier alpha value is -0.840. The summed E-state index contributed by atoms with van der Waals surface area (Å²) in [6.45, 7) is 1.06. The highest BCUT2D eigenvalue weighted by Gasteiger charge is 2.10. The van der Waals surface area contributed by atoms with Crippen LogP contribution in [0.25, 0.3) is 0 Å². The van der Waals surface area contributed by atoms with E-state index in [4.69, 9.17) is 21.1 Å². The number of benzene rings is 1. The molecule has 0 bridgehead atoms. The molecule has 0 saturated heterocycles. The molecule has 1 aromatic carbocycles. The van der Waals surface area contributed by atoms with Gasteiger partial charge in [-0.25, -0.2) is 4.39 Å². The molecule has 1 unspecified atom stereocenters. The van der Waals surface area contributed by atoms with Crippen LogP contribution in [0, 0.1) is 5.82 Å². The molecule has 0 spiro atoms. The van der Waals surface area contributed by atoms with Gasteiger partial charge in [0.25, 0.3) is 0 Å². The maximum Gasteiger partial charge on any atom is 0.145 e. The van der Waals surface area contributed by atoms with E-state index in [9.17, 15) is 4.39 Å². The highest BCUT2D eigenvalue weighted by Crippen LogP contribution is 2.21. The molecule has 0 aromatic heterocycles. The van der Waals surface area contributed by atoms with Crippen LogP contribution in [0.4, 0.5) is 4.39 Å². The van der Waals surface area contributed by atoms with Crippen molar-refractivity contribution in [3.63, 3.8) is 0 Å². The fourth-order valence-electron chi connectivity index (χ4n) is 1.29. The van der Waals surface area contributed by atoms with Crippen molar-refractivity contribution in [2.45, 2.75) is 6.10 Å². The summed E-state index contributed by atoms with van der Waals surface area (Å²) in [5.41, 5.74) is 0. The fraction of sp³-hybridized carbons (Fsp3) is 0.455. The first-order chi connectivity index (χ1) is 7.67. The van der Waals surface area contributed by atoms with Gasteiger partial charge in [0.15, 0.2) is 0 Å². The van der Waals surface area contributed by atoms with Gasteiger partial charge >= 0.3 is 0 Å². The Morgan fingerprint density at radius 2 is 2.25 bits per heavy atom. The zero-order valence-electron chi connectivity index (χ0n) is 9.30. The molecule has 90 valence electrons. The Kier molecular flexibility index (Phi) is 5.52. The van der Waals surface area contributed by atoms with Crippen molar-refractivity contribution in [3.8, 4) is 5.75 Å². The quantitative estimate of drug-likeness (QED) is 0.835. The standard InChI is InChI=1S/C11H15ClFNO2/c1-14-6-9(7-15-2)16-8-3-4-10(12)11(13)5-8/h3-5,9,14H,6-7H2,1-2H3.